The zero-order chi connectivity index (χ0) is 24.1. The van der Waals surface area contributed by atoms with E-state index in [1.54, 1.807) is 23.0 Å². The number of methoxy groups -OCH3 is 1. The highest BCUT2D eigenvalue weighted by Crippen LogP contribution is 2.41. The SMILES string of the molecule is COc1cc(-c2[nH]nc(-c3nc(C)c(N4CCN(CC5CC5)CC4)s3)c2C(C)C)cn2ncnc12. The Bertz CT molecular complexity index is 1340. The van der Waals surface area contributed by atoms with E-state index in [2.05, 4.69) is 45.8 Å². The topological polar surface area (TPSA) is 87.5 Å². The quantitative estimate of drug-likeness (QED) is 0.413. The van der Waals surface area contributed by atoms with Crippen molar-refractivity contribution >= 4 is 22.0 Å². The molecule has 1 aliphatic carbocycles. The van der Waals surface area contributed by atoms with Crippen molar-refractivity contribution in [2.24, 2.45) is 5.92 Å². The lowest BCUT2D eigenvalue weighted by atomic mass is 9.97. The zero-order valence-corrected chi connectivity index (χ0v) is 21.6. The highest BCUT2D eigenvalue weighted by molar-refractivity contribution is 7.19. The molecule has 184 valence electrons. The maximum atomic E-state index is 5.58. The first-order valence-corrected chi connectivity index (χ1v) is 13.2. The van der Waals surface area contributed by atoms with Gasteiger partial charge in [0.1, 0.15) is 22.0 Å². The first-order valence-electron chi connectivity index (χ1n) is 12.4. The van der Waals surface area contributed by atoms with Crippen LogP contribution in [0.25, 0.3) is 27.6 Å². The number of ether oxygens (including phenoxy) is 1. The van der Waals surface area contributed by atoms with Crippen LogP contribution in [0.4, 0.5) is 5.00 Å². The maximum absolute atomic E-state index is 5.58. The summed E-state index contributed by atoms with van der Waals surface area (Å²) in [4.78, 5) is 14.4. The van der Waals surface area contributed by atoms with Crippen LogP contribution in [0.1, 0.15) is 43.9 Å². The molecule has 0 radical (unpaired) electrons. The second-order valence-corrected chi connectivity index (χ2v) is 11.0. The van der Waals surface area contributed by atoms with Gasteiger partial charge in [-0.2, -0.15) is 10.2 Å². The predicted octanol–water partition coefficient (Wildman–Crippen LogP) is 4.22. The van der Waals surface area contributed by atoms with Crippen molar-refractivity contribution in [2.45, 2.75) is 39.5 Å². The highest BCUT2D eigenvalue weighted by atomic mass is 32.1. The summed E-state index contributed by atoms with van der Waals surface area (Å²) in [5.74, 6) is 1.89. The molecule has 1 N–H and O–H groups in total. The number of aromatic nitrogens is 6. The molecule has 0 aromatic carbocycles. The summed E-state index contributed by atoms with van der Waals surface area (Å²) < 4.78 is 7.32. The lowest BCUT2D eigenvalue weighted by Gasteiger charge is -2.35. The number of hydrogen-bond acceptors (Lipinski definition) is 8. The second kappa shape index (κ2) is 8.91. The van der Waals surface area contributed by atoms with Gasteiger partial charge in [-0.15, -0.1) is 0 Å². The molecule has 10 heteroatoms. The van der Waals surface area contributed by atoms with Crippen molar-refractivity contribution in [1.82, 2.24) is 34.7 Å². The Hall–Kier alpha value is -2.98. The number of fused-ring (bicyclic) bond motifs is 1. The van der Waals surface area contributed by atoms with Crippen LogP contribution in [0.3, 0.4) is 0 Å². The van der Waals surface area contributed by atoms with Crippen LogP contribution in [0.15, 0.2) is 18.6 Å². The molecule has 0 unspecified atom stereocenters. The van der Waals surface area contributed by atoms with Crippen LogP contribution < -0.4 is 9.64 Å². The monoisotopic (exact) mass is 492 g/mol. The van der Waals surface area contributed by atoms with E-state index in [1.807, 2.05) is 12.3 Å². The molecule has 2 aliphatic rings. The normalized spacial score (nSPS) is 17.1. The summed E-state index contributed by atoms with van der Waals surface area (Å²) in [5.41, 5.74) is 5.79. The fourth-order valence-electron chi connectivity index (χ4n) is 5.06. The number of anilines is 1. The minimum atomic E-state index is 0.259. The minimum Gasteiger partial charge on any atom is -0.493 e. The zero-order valence-electron chi connectivity index (χ0n) is 20.8. The number of nitrogens with zero attached hydrogens (tertiary/aromatic N) is 7. The maximum Gasteiger partial charge on any atom is 0.197 e. The summed E-state index contributed by atoms with van der Waals surface area (Å²) in [6.07, 6.45) is 6.34. The number of piperazine rings is 1. The van der Waals surface area contributed by atoms with Gasteiger partial charge in [-0.1, -0.05) is 25.2 Å². The number of H-pyrrole nitrogens is 1. The molecule has 4 aromatic rings. The minimum absolute atomic E-state index is 0.259. The molecule has 1 aliphatic heterocycles. The van der Waals surface area contributed by atoms with E-state index in [-0.39, 0.29) is 5.92 Å². The van der Waals surface area contributed by atoms with Crippen LogP contribution >= 0.6 is 11.3 Å². The van der Waals surface area contributed by atoms with Crippen LogP contribution in [0.2, 0.25) is 0 Å². The van der Waals surface area contributed by atoms with Crippen LogP contribution in [-0.4, -0.2) is 74.5 Å². The summed E-state index contributed by atoms with van der Waals surface area (Å²) in [7, 11) is 1.65. The average Bonchev–Trinajstić information content (AvgIpc) is 3.24. The van der Waals surface area contributed by atoms with E-state index in [0.717, 1.165) is 65.3 Å². The van der Waals surface area contributed by atoms with Gasteiger partial charge in [0, 0.05) is 50.0 Å². The molecule has 2 fully saturated rings. The molecule has 1 saturated carbocycles. The van der Waals surface area contributed by atoms with Crippen LogP contribution in [-0.2, 0) is 0 Å². The van der Waals surface area contributed by atoms with Gasteiger partial charge in [0.25, 0.3) is 0 Å². The molecule has 9 nitrogen and oxygen atoms in total. The lowest BCUT2D eigenvalue weighted by molar-refractivity contribution is 0.248. The highest BCUT2D eigenvalue weighted by Gasteiger charge is 2.29. The number of thiazole rings is 1. The standard InChI is InChI=1S/C25H32N8OS/c1-15(2)20-21(18-11-19(34-4)23-26-14-27-33(23)13-18)29-30-22(20)24-28-16(3)25(35-24)32-9-7-31(8-10-32)12-17-5-6-17/h11,13-15,17H,5-10,12H2,1-4H3,(H,29,30). The molecule has 0 amide bonds. The molecule has 5 heterocycles. The largest absolute Gasteiger partial charge is 0.493 e. The fourth-order valence-corrected chi connectivity index (χ4v) is 6.18. The number of pyridine rings is 1. The van der Waals surface area contributed by atoms with E-state index in [4.69, 9.17) is 14.8 Å². The van der Waals surface area contributed by atoms with Crippen molar-refractivity contribution in [3.8, 4) is 27.7 Å². The van der Waals surface area contributed by atoms with Gasteiger partial charge < -0.3 is 9.64 Å². The van der Waals surface area contributed by atoms with Crippen molar-refractivity contribution in [3.63, 3.8) is 0 Å². The Morgan fingerprint density at radius 3 is 2.71 bits per heavy atom. The third-order valence-corrected chi connectivity index (χ3v) is 8.30. The van der Waals surface area contributed by atoms with E-state index in [9.17, 15) is 0 Å². The molecule has 0 atom stereocenters. The third-order valence-electron chi connectivity index (χ3n) is 7.08. The van der Waals surface area contributed by atoms with E-state index in [0.29, 0.717) is 11.4 Å². The van der Waals surface area contributed by atoms with E-state index >= 15 is 0 Å². The fraction of sp³-hybridized carbons (Fsp3) is 0.520. The predicted molar refractivity (Wildman–Crippen MR) is 138 cm³/mol. The smallest absolute Gasteiger partial charge is 0.197 e. The Kier molecular flexibility index (Phi) is 5.72. The molecule has 6 rings (SSSR count). The van der Waals surface area contributed by atoms with E-state index in [1.165, 1.54) is 30.7 Å². The lowest BCUT2D eigenvalue weighted by Crippen LogP contribution is -2.46. The Balaban J connectivity index is 1.31. The Morgan fingerprint density at radius 2 is 2.00 bits per heavy atom. The number of nitrogens with one attached hydrogen (secondary N) is 1. The van der Waals surface area contributed by atoms with Crippen molar-refractivity contribution in [1.29, 1.82) is 0 Å². The van der Waals surface area contributed by atoms with Gasteiger partial charge in [-0.25, -0.2) is 14.5 Å². The van der Waals surface area contributed by atoms with Crippen LogP contribution in [0.5, 0.6) is 5.75 Å². The first-order chi connectivity index (χ1) is 17.0. The molecule has 1 saturated heterocycles. The van der Waals surface area contributed by atoms with Gasteiger partial charge >= 0.3 is 0 Å². The summed E-state index contributed by atoms with van der Waals surface area (Å²) in [6.45, 7) is 12.2. The first kappa shape index (κ1) is 22.5. The van der Waals surface area contributed by atoms with Crippen molar-refractivity contribution in [2.75, 3.05) is 44.7 Å². The molecule has 4 aromatic heterocycles. The third kappa shape index (κ3) is 4.18. The Labute approximate surface area is 209 Å². The van der Waals surface area contributed by atoms with Gasteiger partial charge in [0.05, 0.1) is 18.5 Å². The van der Waals surface area contributed by atoms with Crippen molar-refractivity contribution < 1.29 is 4.74 Å². The van der Waals surface area contributed by atoms with Crippen molar-refractivity contribution in [3.05, 3.63) is 29.8 Å². The number of aromatic amines is 1. The number of aryl methyl sites for hydroxylation is 1. The number of rotatable bonds is 7. The summed E-state index contributed by atoms with van der Waals surface area (Å²) in [6, 6.07) is 1.99. The molecule has 0 spiro atoms. The van der Waals surface area contributed by atoms with Gasteiger partial charge in [0.2, 0.25) is 0 Å². The summed E-state index contributed by atoms with van der Waals surface area (Å²) in [5, 5.41) is 14.6. The van der Waals surface area contributed by atoms with Gasteiger partial charge in [0.15, 0.2) is 11.4 Å². The molecular weight excluding hydrogens is 460 g/mol. The van der Waals surface area contributed by atoms with Gasteiger partial charge in [-0.3, -0.25) is 10.00 Å². The van der Waals surface area contributed by atoms with E-state index < -0.39 is 0 Å². The molecule has 35 heavy (non-hydrogen) atoms. The Morgan fingerprint density at radius 1 is 1.20 bits per heavy atom. The van der Waals surface area contributed by atoms with Crippen LogP contribution in [0, 0.1) is 12.8 Å². The summed E-state index contributed by atoms with van der Waals surface area (Å²) >= 11 is 1.76. The second-order valence-electron chi connectivity index (χ2n) is 9.98. The van der Waals surface area contributed by atoms with Gasteiger partial charge in [-0.05, 0) is 37.7 Å². The molecule has 0 bridgehead atoms. The molecular formula is C25H32N8OS. The number of hydrogen-bond donors (Lipinski definition) is 1. The average molecular weight is 493 g/mol.